The molecule has 1 saturated carbocycles. The van der Waals surface area contributed by atoms with Crippen LogP contribution in [0.3, 0.4) is 0 Å². The van der Waals surface area contributed by atoms with Crippen LogP contribution in [-0.2, 0) is 11.3 Å². The first kappa shape index (κ1) is 17.5. The summed E-state index contributed by atoms with van der Waals surface area (Å²) < 4.78 is 8.71. The number of aromatic hydroxyl groups is 1. The van der Waals surface area contributed by atoms with Crippen LogP contribution in [0.15, 0.2) is 15.5 Å². The minimum atomic E-state index is -0.616. The number of carbonyl (C=O) groups excluding carboxylic acids is 1. The van der Waals surface area contributed by atoms with Gasteiger partial charge >= 0.3 is 0 Å². The number of rotatable bonds is 4. The highest BCUT2D eigenvalue weighted by Gasteiger charge is 2.33. The van der Waals surface area contributed by atoms with Gasteiger partial charge in [0.05, 0.1) is 0 Å². The Morgan fingerprint density at radius 2 is 2.15 bits per heavy atom. The summed E-state index contributed by atoms with van der Waals surface area (Å²) in [5, 5.41) is 17.8. The summed E-state index contributed by atoms with van der Waals surface area (Å²) >= 11 is 3.28. The normalized spacial score (nSPS) is 19.6. The van der Waals surface area contributed by atoms with Crippen molar-refractivity contribution in [1.29, 1.82) is 0 Å². The van der Waals surface area contributed by atoms with Crippen LogP contribution in [-0.4, -0.2) is 44.5 Å². The number of hydrogen-bond donors (Lipinski definition) is 2. The number of nitrogens with zero attached hydrogens (tertiary/aromatic N) is 3. The molecular formula is C17H21BrN4O4. The summed E-state index contributed by atoms with van der Waals surface area (Å²) in [4.78, 5) is 25.3. The van der Waals surface area contributed by atoms with E-state index in [2.05, 4.69) is 33.3 Å². The molecule has 0 atom stereocenters. The molecule has 2 aromatic rings. The van der Waals surface area contributed by atoms with Crippen molar-refractivity contribution >= 4 is 27.5 Å². The number of amides is 1. The maximum Gasteiger partial charge on any atom is 0.291 e. The van der Waals surface area contributed by atoms with Gasteiger partial charge in [-0.25, -0.2) is 0 Å². The van der Waals surface area contributed by atoms with Gasteiger partial charge in [0, 0.05) is 31.9 Å². The Hall–Kier alpha value is -1.87. The van der Waals surface area contributed by atoms with Crippen molar-refractivity contribution in [3.63, 3.8) is 0 Å². The molecule has 8 nitrogen and oxygen atoms in total. The third kappa shape index (κ3) is 3.14. The Labute approximate surface area is 158 Å². The van der Waals surface area contributed by atoms with E-state index in [4.69, 9.17) is 4.74 Å². The molecule has 2 aromatic heterocycles. The highest BCUT2D eigenvalue weighted by atomic mass is 79.9. The number of fused-ring (bicyclic) bond motifs is 1. The van der Waals surface area contributed by atoms with Gasteiger partial charge < -0.3 is 15.2 Å². The fraction of sp³-hybridized carbons (Fsp3) is 0.588. The first-order chi connectivity index (χ1) is 12.4. The zero-order chi connectivity index (χ0) is 18.5. The summed E-state index contributed by atoms with van der Waals surface area (Å²) in [7, 11) is 0. The maximum atomic E-state index is 12.8. The van der Waals surface area contributed by atoms with E-state index in [1.54, 1.807) is 10.6 Å². The lowest BCUT2D eigenvalue weighted by Crippen LogP contribution is -2.36. The zero-order valence-electron chi connectivity index (χ0n) is 14.5. The Morgan fingerprint density at radius 3 is 2.81 bits per heavy atom. The number of hydrogen-bond acceptors (Lipinski definition) is 5. The van der Waals surface area contributed by atoms with Gasteiger partial charge in [0.2, 0.25) is 5.88 Å². The Kier molecular flexibility index (Phi) is 4.31. The Morgan fingerprint density at radius 1 is 1.46 bits per heavy atom. The lowest BCUT2D eigenvalue weighted by molar-refractivity contribution is 0.0149. The van der Waals surface area contributed by atoms with Crippen molar-refractivity contribution in [2.45, 2.75) is 45.2 Å². The van der Waals surface area contributed by atoms with Gasteiger partial charge in [-0.3, -0.25) is 14.2 Å². The van der Waals surface area contributed by atoms with E-state index in [0.29, 0.717) is 30.0 Å². The molecule has 0 spiro atoms. The van der Waals surface area contributed by atoms with Crippen molar-refractivity contribution in [2.24, 2.45) is 5.41 Å². The van der Waals surface area contributed by atoms with E-state index < -0.39 is 11.5 Å². The van der Waals surface area contributed by atoms with Crippen LogP contribution in [0.4, 0.5) is 0 Å². The Bertz CT molecular complexity index is 925. The van der Waals surface area contributed by atoms with Crippen molar-refractivity contribution in [3.8, 4) is 5.88 Å². The van der Waals surface area contributed by atoms with E-state index in [9.17, 15) is 14.7 Å². The number of carbonyl (C=O) groups is 1. The molecule has 0 unspecified atom stereocenters. The molecule has 1 aliphatic carbocycles. The van der Waals surface area contributed by atoms with Crippen LogP contribution >= 0.6 is 15.9 Å². The fourth-order valence-corrected chi connectivity index (χ4v) is 3.74. The van der Waals surface area contributed by atoms with Gasteiger partial charge in [-0.15, -0.1) is 0 Å². The molecule has 2 fully saturated rings. The molecule has 9 heteroatoms. The second kappa shape index (κ2) is 6.38. The minimum Gasteiger partial charge on any atom is -0.494 e. The number of ether oxygens (including phenoxy) is 1. The predicted octanol–water partition coefficient (Wildman–Crippen LogP) is 1.67. The summed E-state index contributed by atoms with van der Waals surface area (Å²) in [5.74, 6) is -0.852. The highest BCUT2D eigenvalue weighted by molar-refractivity contribution is 9.10. The quantitative estimate of drug-likeness (QED) is 0.777. The largest absolute Gasteiger partial charge is 0.494 e. The highest BCUT2D eigenvalue weighted by Crippen LogP contribution is 2.34. The fourth-order valence-electron chi connectivity index (χ4n) is 3.37. The van der Waals surface area contributed by atoms with Crippen molar-refractivity contribution in [1.82, 2.24) is 19.5 Å². The molecule has 2 N–H and O–H groups in total. The molecule has 1 aliphatic heterocycles. The van der Waals surface area contributed by atoms with Gasteiger partial charge in [0.25, 0.3) is 11.5 Å². The zero-order valence-corrected chi connectivity index (χ0v) is 16.1. The second-order valence-corrected chi connectivity index (χ2v) is 8.31. The van der Waals surface area contributed by atoms with Crippen LogP contribution in [0.1, 0.15) is 43.0 Å². The van der Waals surface area contributed by atoms with Crippen LogP contribution in [0.2, 0.25) is 0 Å². The van der Waals surface area contributed by atoms with E-state index in [-0.39, 0.29) is 22.9 Å². The van der Waals surface area contributed by atoms with Crippen molar-refractivity contribution in [3.05, 3.63) is 26.6 Å². The number of halogens is 1. The second-order valence-electron chi connectivity index (χ2n) is 7.50. The number of nitrogens with one attached hydrogen (secondary N) is 1. The van der Waals surface area contributed by atoms with Crippen LogP contribution in [0.25, 0.3) is 5.65 Å². The van der Waals surface area contributed by atoms with Gasteiger partial charge in [-0.05, 0) is 47.0 Å². The SMILES string of the molecule is CC1(Cn2c(O)c(C(=O)NC3CC3)c(=O)n3nc(Br)cc23)CCOCC1. The monoisotopic (exact) mass is 424 g/mol. The van der Waals surface area contributed by atoms with Gasteiger partial charge in [-0.2, -0.15) is 9.61 Å². The van der Waals surface area contributed by atoms with Gasteiger partial charge in [0.15, 0.2) is 5.56 Å². The third-order valence-corrected chi connectivity index (χ3v) is 5.59. The summed E-state index contributed by atoms with van der Waals surface area (Å²) in [6.07, 6.45) is 3.47. The number of aromatic nitrogens is 3. The third-order valence-electron chi connectivity index (χ3n) is 5.20. The molecule has 3 heterocycles. The van der Waals surface area contributed by atoms with Gasteiger partial charge in [-0.1, -0.05) is 6.92 Å². The molecular weight excluding hydrogens is 404 g/mol. The molecule has 26 heavy (non-hydrogen) atoms. The molecule has 140 valence electrons. The lowest BCUT2D eigenvalue weighted by Gasteiger charge is -2.34. The molecule has 2 aliphatic rings. The first-order valence-corrected chi connectivity index (χ1v) is 9.57. The molecule has 4 rings (SSSR count). The molecule has 0 radical (unpaired) electrons. The molecule has 1 saturated heterocycles. The van der Waals surface area contributed by atoms with E-state index in [1.807, 2.05) is 0 Å². The summed E-state index contributed by atoms with van der Waals surface area (Å²) in [5.41, 5.74) is -0.521. The summed E-state index contributed by atoms with van der Waals surface area (Å²) in [6, 6.07) is 1.76. The average Bonchev–Trinajstić information content (AvgIpc) is 3.31. The lowest BCUT2D eigenvalue weighted by atomic mass is 9.82. The van der Waals surface area contributed by atoms with Gasteiger partial charge in [0.1, 0.15) is 10.3 Å². The molecule has 0 aromatic carbocycles. The maximum absolute atomic E-state index is 12.8. The van der Waals surface area contributed by atoms with Crippen molar-refractivity contribution < 1.29 is 14.6 Å². The van der Waals surface area contributed by atoms with Crippen LogP contribution in [0, 0.1) is 5.41 Å². The van der Waals surface area contributed by atoms with Crippen molar-refractivity contribution in [2.75, 3.05) is 13.2 Å². The van der Waals surface area contributed by atoms with Crippen LogP contribution in [0.5, 0.6) is 5.88 Å². The van der Waals surface area contributed by atoms with E-state index >= 15 is 0 Å². The summed E-state index contributed by atoms with van der Waals surface area (Å²) in [6.45, 7) is 3.91. The predicted molar refractivity (Wildman–Crippen MR) is 97.5 cm³/mol. The van der Waals surface area contributed by atoms with Crippen LogP contribution < -0.4 is 10.9 Å². The smallest absolute Gasteiger partial charge is 0.291 e. The first-order valence-electron chi connectivity index (χ1n) is 8.78. The molecule has 1 amide bonds. The Balaban J connectivity index is 1.84. The topological polar surface area (TPSA) is 97.9 Å². The standard InChI is InChI=1S/C17H21BrN4O4/c1-17(4-6-26-7-5-17)9-21-12-8-11(18)20-22(12)16(25)13(15(21)24)14(23)19-10-2-3-10/h8,10,24H,2-7,9H2,1H3,(H,19,23). The average molecular weight is 425 g/mol. The van der Waals surface area contributed by atoms with E-state index in [0.717, 1.165) is 25.7 Å². The molecule has 0 bridgehead atoms. The minimum absolute atomic E-state index is 0.0859. The van der Waals surface area contributed by atoms with E-state index in [1.165, 1.54) is 4.52 Å².